The first-order valence-corrected chi connectivity index (χ1v) is 10.1. The fourth-order valence-corrected chi connectivity index (χ4v) is 3.53. The number of carbonyl (C=O) groups is 1. The van der Waals surface area contributed by atoms with Crippen molar-refractivity contribution in [2.75, 3.05) is 11.4 Å². The molecule has 3 nitrogen and oxygen atoms in total. The number of amides is 1. The van der Waals surface area contributed by atoms with Crippen molar-refractivity contribution in [2.24, 2.45) is 0 Å². The molecule has 0 radical (unpaired) electrons. The Labute approximate surface area is 171 Å². The van der Waals surface area contributed by atoms with Crippen LogP contribution in [0.2, 0.25) is 0 Å². The number of hydrogen-bond acceptors (Lipinski definition) is 2. The second kappa shape index (κ2) is 8.70. The number of benzene rings is 3. The lowest BCUT2D eigenvalue weighted by atomic mass is 10.0. The van der Waals surface area contributed by atoms with Crippen LogP contribution in [-0.4, -0.2) is 17.4 Å². The topological polar surface area (TPSA) is 33.2 Å². The van der Waals surface area contributed by atoms with E-state index in [1.807, 2.05) is 95.9 Å². The number of rotatable bonds is 6. The lowest BCUT2D eigenvalue weighted by Gasteiger charge is -2.24. The molecule has 0 aliphatic rings. The minimum atomic E-state index is 0.0143. The minimum Gasteiger partial charge on any atom is -0.308 e. The van der Waals surface area contributed by atoms with E-state index >= 15 is 0 Å². The zero-order valence-electron chi connectivity index (χ0n) is 16.6. The van der Waals surface area contributed by atoms with Crippen LogP contribution >= 0.6 is 0 Å². The number of hydrogen-bond donors (Lipinski definition) is 0. The van der Waals surface area contributed by atoms with E-state index < -0.39 is 0 Å². The van der Waals surface area contributed by atoms with Gasteiger partial charge in [-0.1, -0.05) is 80.1 Å². The van der Waals surface area contributed by atoms with E-state index in [0.29, 0.717) is 12.1 Å². The Hall–Kier alpha value is -3.46. The molecule has 29 heavy (non-hydrogen) atoms. The van der Waals surface area contributed by atoms with Gasteiger partial charge in [-0.05, 0) is 30.7 Å². The lowest BCUT2D eigenvalue weighted by Crippen LogP contribution is -2.32. The first-order valence-electron chi connectivity index (χ1n) is 10.1. The third-order valence-corrected chi connectivity index (χ3v) is 5.06. The second-order valence-electron chi connectivity index (χ2n) is 7.08. The Balaban J connectivity index is 1.85. The maximum Gasteiger partial charge on any atom is 0.259 e. The molecule has 0 fully saturated rings. The molecular formula is C26H24N2O. The van der Waals surface area contributed by atoms with Gasteiger partial charge in [0.15, 0.2) is 0 Å². The van der Waals surface area contributed by atoms with Gasteiger partial charge >= 0.3 is 0 Å². The molecule has 0 saturated heterocycles. The van der Waals surface area contributed by atoms with Crippen LogP contribution in [0.5, 0.6) is 0 Å². The fraction of sp³-hybridized carbons (Fsp3) is 0.154. The third-order valence-electron chi connectivity index (χ3n) is 5.06. The van der Waals surface area contributed by atoms with E-state index in [4.69, 9.17) is 4.98 Å². The summed E-state index contributed by atoms with van der Waals surface area (Å²) in [6.45, 7) is 2.83. The van der Waals surface area contributed by atoms with Gasteiger partial charge in [-0.2, -0.15) is 0 Å². The van der Waals surface area contributed by atoms with Crippen molar-refractivity contribution >= 4 is 22.5 Å². The smallest absolute Gasteiger partial charge is 0.259 e. The highest BCUT2D eigenvalue weighted by atomic mass is 16.2. The zero-order valence-corrected chi connectivity index (χ0v) is 16.6. The molecule has 4 aromatic rings. The molecule has 0 atom stereocenters. The lowest BCUT2D eigenvalue weighted by molar-refractivity contribution is 0.0988. The summed E-state index contributed by atoms with van der Waals surface area (Å²) in [7, 11) is 0. The highest BCUT2D eigenvalue weighted by molar-refractivity contribution is 6.14. The van der Waals surface area contributed by atoms with Gasteiger partial charge in [0.05, 0.1) is 16.8 Å². The van der Waals surface area contributed by atoms with Gasteiger partial charge in [0, 0.05) is 23.2 Å². The number of fused-ring (bicyclic) bond motifs is 1. The molecule has 0 unspecified atom stereocenters. The number of pyridine rings is 1. The summed E-state index contributed by atoms with van der Waals surface area (Å²) in [5.41, 5.74) is 4.27. The molecule has 0 spiro atoms. The first-order chi connectivity index (χ1) is 14.3. The van der Waals surface area contributed by atoms with E-state index in [0.717, 1.165) is 40.7 Å². The first kappa shape index (κ1) is 18.9. The van der Waals surface area contributed by atoms with Gasteiger partial charge in [-0.25, -0.2) is 4.98 Å². The predicted octanol–water partition coefficient (Wildman–Crippen LogP) is 6.35. The standard InChI is InChI=1S/C26H24N2O/c1-2-3-18-28(21-14-8-5-9-15-21)26(29)23-19-25(20-12-6-4-7-13-20)27-24-17-11-10-16-22(23)24/h4-17,19H,2-3,18H2,1H3. The van der Waals surface area contributed by atoms with Crippen LogP contribution in [0.1, 0.15) is 30.1 Å². The molecule has 0 bridgehead atoms. The van der Waals surface area contributed by atoms with Crippen molar-refractivity contribution in [2.45, 2.75) is 19.8 Å². The fourth-order valence-electron chi connectivity index (χ4n) is 3.53. The summed E-state index contributed by atoms with van der Waals surface area (Å²) >= 11 is 0. The average molecular weight is 380 g/mol. The normalized spacial score (nSPS) is 10.8. The van der Waals surface area contributed by atoms with Crippen molar-refractivity contribution in [1.29, 1.82) is 0 Å². The maximum atomic E-state index is 13.7. The Morgan fingerprint density at radius 1 is 0.862 bits per heavy atom. The molecule has 0 saturated carbocycles. The van der Waals surface area contributed by atoms with Crippen LogP contribution < -0.4 is 4.90 Å². The van der Waals surface area contributed by atoms with Gasteiger partial charge in [0.25, 0.3) is 5.91 Å². The molecular weight excluding hydrogens is 356 g/mol. The quantitative estimate of drug-likeness (QED) is 0.390. The Morgan fingerprint density at radius 2 is 1.52 bits per heavy atom. The van der Waals surface area contributed by atoms with Gasteiger partial charge in [0.2, 0.25) is 0 Å². The summed E-state index contributed by atoms with van der Waals surface area (Å²) in [4.78, 5) is 20.4. The summed E-state index contributed by atoms with van der Waals surface area (Å²) in [5.74, 6) is 0.0143. The SMILES string of the molecule is CCCCN(C(=O)c1cc(-c2ccccc2)nc2ccccc12)c1ccccc1. The van der Waals surface area contributed by atoms with E-state index in [9.17, 15) is 4.79 Å². The Bertz CT molecular complexity index is 1110. The molecule has 1 amide bonds. The van der Waals surface area contributed by atoms with E-state index in [1.165, 1.54) is 0 Å². The van der Waals surface area contributed by atoms with E-state index in [2.05, 4.69) is 6.92 Å². The summed E-state index contributed by atoms with van der Waals surface area (Å²) in [5, 5.41) is 0.884. The minimum absolute atomic E-state index is 0.0143. The monoisotopic (exact) mass is 380 g/mol. The summed E-state index contributed by atoms with van der Waals surface area (Å²) in [6.07, 6.45) is 1.98. The van der Waals surface area contributed by atoms with Gasteiger partial charge in [-0.3, -0.25) is 4.79 Å². The number of aromatic nitrogens is 1. The third kappa shape index (κ3) is 4.04. The molecule has 1 heterocycles. The molecule has 0 aliphatic heterocycles. The van der Waals surface area contributed by atoms with Crippen LogP contribution in [-0.2, 0) is 0 Å². The van der Waals surface area contributed by atoms with E-state index in [-0.39, 0.29) is 5.91 Å². The predicted molar refractivity (Wildman–Crippen MR) is 120 cm³/mol. The van der Waals surface area contributed by atoms with Crippen molar-refractivity contribution in [3.8, 4) is 11.3 Å². The van der Waals surface area contributed by atoms with Gasteiger partial charge in [-0.15, -0.1) is 0 Å². The summed E-state index contributed by atoms with van der Waals surface area (Å²) < 4.78 is 0. The summed E-state index contributed by atoms with van der Waals surface area (Å²) in [6, 6.07) is 29.7. The molecule has 3 aromatic carbocycles. The average Bonchev–Trinajstić information content (AvgIpc) is 2.79. The highest BCUT2D eigenvalue weighted by Crippen LogP contribution is 2.27. The number of unbranched alkanes of at least 4 members (excludes halogenated alkanes) is 1. The molecule has 4 rings (SSSR count). The van der Waals surface area contributed by atoms with Crippen molar-refractivity contribution < 1.29 is 4.79 Å². The Kier molecular flexibility index (Phi) is 5.66. The largest absolute Gasteiger partial charge is 0.308 e. The molecule has 3 heteroatoms. The van der Waals surface area contributed by atoms with Crippen LogP contribution in [0.25, 0.3) is 22.2 Å². The molecule has 1 aromatic heterocycles. The zero-order chi connectivity index (χ0) is 20.1. The molecule has 0 aliphatic carbocycles. The van der Waals surface area contributed by atoms with Crippen molar-refractivity contribution in [3.63, 3.8) is 0 Å². The van der Waals surface area contributed by atoms with Crippen LogP contribution in [0.15, 0.2) is 91.0 Å². The number of anilines is 1. The van der Waals surface area contributed by atoms with Crippen molar-refractivity contribution in [1.82, 2.24) is 4.98 Å². The molecule has 0 N–H and O–H groups in total. The van der Waals surface area contributed by atoms with Crippen LogP contribution in [0.4, 0.5) is 5.69 Å². The van der Waals surface area contributed by atoms with Crippen molar-refractivity contribution in [3.05, 3.63) is 96.6 Å². The van der Waals surface area contributed by atoms with Gasteiger partial charge < -0.3 is 4.90 Å². The highest BCUT2D eigenvalue weighted by Gasteiger charge is 2.21. The number of para-hydroxylation sites is 2. The van der Waals surface area contributed by atoms with E-state index in [1.54, 1.807) is 0 Å². The number of carbonyl (C=O) groups excluding carboxylic acids is 1. The van der Waals surface area contributed by atoms with Crippen LogP contribution in [0.3, 0.4) is 0 Å². The number of nitrogens with zero attached hydrogens (tertiary/aromatic N) is 2. The Morgan fingerprint density at radius 3 is 2.24 bits per heavy atom. The second-order valence-corrected chi connectivity index (χ2v) is 7.08. The molecule has 144 valence electrons. The maximum absolute atomic E-state index is 13.7. The van der Waals surface area contributed by atoms with Gasteiger partial charge in [0.1, 0.15) is 0 Å². The van der Waals surface area contributed by atoms with Crippen LogP contribution in [0, 0.1) is 0 Å².